The van der Waals surface area contributed by atoms with Gasteiger partial charge in [-0.1, -0.05) is 36.9 Å². The summed E-state index contributed by atoms with van der Waals surface area (Å²) in [4.78, 5) is 0. The van der Waals surface area contributed by atoms with E-state index in [-0.39, 0.29) is 6.04 Å². The van der Waals surface area contributed by atoms with Crippen molar-refractivity contribution < 1.29 is 0 Å². The van der Waals surface area contributed by atoms with Crippen LogP contribution in [0, 0.1) is 0 Å². The van der Waals surface area contributed by atoms with Crippen LogP contribution in [0.5, 0.6) is 0 Å². The second kappa shape index (κ2) is 12.5. The largest absolute Gasteiger partial charge is 0.358 e. The minimum atomic E-state index is 0.279. The van der Waals surface area contributed by atoms with Gasteiger partial charge in [-0.3, -0.25) is 0 Å². The Hall–Kier alpha value is -1.84. The lowest BCUT2D eigenvalue weighted by atomic mass is 10.0. The highest BCUT2D eigenvalue weighted by Crippen LogP contribution is 2.17. The zero-order chi connectivity index (χ0) is 18.5. The van der Waals surface area contributed by atoms with Gasteiger partial charge >= 0.3 is 0 Å². The third-order valence-electron chi connectivity index (χ3n) is 4.42. The van der Waals surface area contributed by atoms with E-state index < -0.39 is 0 Å². The van der Waals surface area contributed by atoms with E-state index in [0.717, 1.165) is 56.5 Å². The molecule has 0 spiro atoms. The maximum Gasteiger partial charge on any atom is 0.0464 e. The van der Waals surface area contributed by atoms with E-state index in [1.165, 1.54) is 11.1 Å². The van der Waals surface area contributed by atoms with Crippen LogP contribution in [-0.4, -0.2) is 26.7 Å². The fraction of sp³-hybridized carbons (Fsp3) is 0.455. The van der Waals surface area contributed by atoms with Crippen molar-refractivity contribution in [3.05, 3.63) is 66.9 Å². The van der Waals surface area contributed by atoms with E-state index >= 15 is 0 Å². The quantitative estimate of drug-likeness (QED) is 0.340. The van der Waals surface area contributed by atoms with Gasteiger partial charge in [0, 0.05) is 17.4 Å². The number of hydrogen-bond acceptors (Lipinski definition) is 3. The second-order valence-corrected chi connectivity index (χ2v) is 6.51. The Morgan fingerprint density at radius 3 is 2.44 bits per heavy atom. The molecular weight excluding hydrogens is 306 g/mol. The molecule has 0 saturated carbocycles. The summed E-state index contributed by atoms with van der Waals surface area (Å²) in [5, 5.41) is 9.95. The van der Waals surface area contributed by atoms with Gasteiger partial charge in [0.25, 0.3) is 0 Å². The number of anilines is 1. The van der Waals surface area contributed by atoms with Crippen LogP contribution in [-0.2, 0) is 6.42 Å². The number of nitrogens with one attached hydrogen (secondary N) is 3. The van der Waals surface area contributed by atoms with Crippen molar-refractivity contribution in [2.24, 2.45) is 0 Å². The first-order valence-electron chi connectivity index (χ1n) is 9.24. The average Bonchev–Trinajstić information content (AvgIpc) is 2.63. The molecule has 138 valence electrons. The summed E-state index contributed by atoms with van der Waals surface area (Å²) in [5.74, 6) is 0. The first kappa shape index (κ1) is 21.2. The normalized spacial score (nSPS) is 11.8. The van der Waals surface area contributed by atoms with Crippen molar-refractivity contribution in [2.75, 3.05) is 26.0 Å². The summed E-state index contributed by atoms with van der Waals surface area (Å²) in [6, 6.07) is 8.92. The van der Waals surface area contributed by atoms with Crippen LogP contribution in [0.3, 0.4) is 0 Å². The van der Waals surface area contributed by atoms with Crippen LogP contribution in [0.4, 0.5) is 5.69 Å². The zero-order valence-corrected chi connectivity index (χ0v) is 16.0. The topological polar surface area (TPSA) is 36.1 Å². The summed E-state index contributed by atoms with van der Waals surface area (Å²) in [6.07, 6.45) is 8.29. The minimum Gasteiger partial charge on any atom is -0.358 e. The van der Waals surface area contributed by atoms with Crippen LogP contribution in [0.25, 0.3) is 0 Å². The first-order valence-corrected chi connectivity index (χ1v) is 9.24. The van der Waals surface area contributed by atoms with Crippen molar-refractivity contribution in [3.8, 4) is 0 Å². The van der Waals surface area contributed by atoms with E-state index in [0.29, 0.717) is 0 Å². The van der Waals surface area contributed by atoms with Crippen LogP contribution < -0.4 is 16.0 Å². The summed E-state index contributed by atoms with van der Waals surface area (Å²) in [7, 11) is 3.97. The molecule has 1 unspecified atom stereocenters. The van der Waals surface area contributed by atoms with Crippen molar-refractivity contribution in [3.63, 3.8) is 0 Å². The highest BCUT2D eigenvalue weighted by Gasteiger charge is 2.10. The molecule has 0 aliphatic heterocycles. The Labute approximate surface area is 154 Å². The van der Waals surface area contributed by atoms with Gasteiger partial charge in [-0.2, -0.15) is 0 Å². The van der Waals surface area contributed by atoms with Gasteiger partial charge in [0.05, 0.1) is 0 Å². The smallest absolute Gasteiger partial charge is 0.0464 e. The molecule has 25 heavy (non-hydrogen) atoms. The third-order valence-corrected chi connectivity index (χ3v) is 4.42. The van der Waals surface area contributed by atoms with Crippen molar-refractivity contribution >= 4 is 5.69 Å². The number of benzene rings is 1. The number of likely N-dealkylation sites (N-methyl/N-ethyl adjacent to an activating group) is 1. The van der Waals surface area contributed by atoms with Gasteiger partial charge in [0.15, 0.2) is 0 Å². The molecule has 3 heteroatoms. The maximum absolute atomic E-state index is 4.20. The van der Waals surface area contributed by atoms with Gasteiger partial charge in [0.1, 0.15) is 0 Å². The van der Waals surface area contributed by atoms with Gasteiger partial charge in [-0.05, 0) is 76.9 Å². The lowest BCUT2D eigenvalue weighted by Gasteiger charge is -2.20. The van der Waals surface area contributed by atoms with Crippen molar-refractivity contribution in [1.29, 1.82) is 0 Å². The molecule has 1 rings (SSSR count). The zero-order valence-electron chi connectivity index (χ0n) is 16.0. The Morgan fingerprint density at radius 1 is 1.12 bits per heavy atom. The molecular formula is C22H35N3. The maximum atomic E-state index is 4.20. The molecule has 0 fully saturated rings. The van der Waals surface area contributed by atoms with E-state index in [2.05, 4.69) is 60.0 Å². The molecule has 0 aliphatic rings. The summed E-state index contributed by atoms with van der Waals surface area (Å²) in [6.45, 7) is 13.1. The lowest BCUT2D eigenvalue weighted by Crippen LogP contribution is -2.31. The van der Waals surface area contributed by atoms with Crippen molar-refractivity contribution in [2.45, 2.75) is 44.6 Å². The summed E-state index contributed by atoms with van der Waals surface area (Å²) in [5.41, 5.74) is 4.75. The highest BCUT2D eigenvalue weighted by atomic mass is 15.0. The number of hydrogen-bond donors (Lipinski definition) is 3. The highest BCUT2D eigenvalue weighted by molar-refractivity contribution is 5.49. The third kappa shape index (κ3) is 8.71. The van der Waals surface area contributed by atoms with Gasteiger partial charge in [-0.15, -0.1) is 6.58 Å². The first-order chi connectivity index (χ1) is 12.1. The van der Waals surface area contributed by atoms with Crippen molar-refractivity contribution in [1.82, 2.24) is 10.6 Å². The molecule has 0 amide bonds. The Kier molecular flexibility index (Phi) is 10.6. The van der Waals surface area contributed by atoms with Crippen LogP contribution >= 0.6 is 0 Å². The molecule has 0 saturated heterocycles. The molecule has 0 aliphatic carbocycles. The van der Waals surface area contributed by atoms with Crippen LogP contribution in [0.2, 0.25) is 0 Å². The van der Waals surface area contributed by atoms with E-state index in [1.54, 1.807) is 0 Å². The van der Waals surface area contributed by atoms with E-state index in [9.17, 15) is 0 Å². The molecule has 1 aromatic carbocycles. The van der Waals surface area contributed by atoms with Crippen LogP contribution in [0.1, 0.15) is 37.7 Å². The Morgan fingerprint density at radius 2 is 1.84 bits per heavy atom. The molecule has 1 aromatic rings. The fourth-order valence-electron chi connectivity index (χ4n) is 2.76. The minimum absolute atomic E-state index is 0.279. The Balaban J connectivity index is 2.45. The SMILES string of the molecule is C=CCCC(=C)CCc1ccc(NC(=C)C(CCCNC)NC)cc1. The summed E-state index contributed by atoms with van der Waals surface area (Å²) >= 11 is 0. The second-order valence-electron chi connectivity index (χ2n) is 6.51. The standard InChI is InChI=1S/C22H35N3/c1-6-7-9-18(2)11-12-20-13-15-21(16-14-20)25-19(3)22(24-5)10-8-17-23-4/h6,13-16,22-25H,1-3,7-12,17H2,4-5H3. The molecule has 3 nitrogen and oxygen atoms in total. The average molecular weight is 342 g/mol. The van der Waals surface area contributed by atoms with E-state index in [4.69, 9.17) is 0 Å². The fourth-order valence-corrected chi connectivity index (χ4v) is 2.76. The number of rotatable bonds is 14. The molecule has 3 N–H and O–H groups in total. The molecule has 0 aromatic heterocycles. The predicted molar refractivity (Wildman–Crippen MR) is 112 cm³/mol. The Bertz CT molecular complexity index is 531. The van der Waals surface area contributed by atoms with Gasteiger partial charge < -0.3 is 16.0 Å². The van der Waals surface area contributed by atoms with Gasteiger partial charge in [-0.25, -0.2) is 0 Å². The monoisotopic (exact) mass is 341 g/mol. The van der Waals surface area contributed by atoms with Crippen LogP contribution in [0.15, 0.2) is 61.3 Å². The number of allylic oxidation sites excluding steroid dienone is 2. The molecule has 1 atom stereocenters. The number of aryl methyl sites for hydroxylation is 1. The lowest BCUT2D eigenvalue weighted by molar-refractivity contribution is 0.553. The molecule has 0 heterocycles. The van der Waals surface area contributed by atoms with E-state index in [1.807, 2.05) is 20.2 Å². The molecule has 0 bridgehead atoms. The van der Waals surface area contributed by atoms with Gasteiger partial charge in [0.2, 0.25) is 0 Å². The summed E-state index contributed by atoms with van der Waals surface area (Å²) < 4.78 is 0. The molecule has 0 radical (unpaired) electrons. The predicted octanol–water partition coefficient (Wildman–Crippen LogP) is 4.65.